The quantitative estimate of drug-likeness (QED) is 0.0407. The lowest BCUT2D eigenvalue weighted by atomic mass is 9.81. The van der Waals surface area contributed by atoms with Gasteiger partial charge < -0.3 is 92.8 Å². The number of aliphatic hydroxyl groups is 8. The van der Waals surface area contributed by atoms with Crippen molar-refractivity contribution in [2.24, 2.45) is 11.8 Å². The second-order valence-corrected chi connectivity index (χ2v) is 23.4. The minimum Gasteiger partial charge on any atom is -0.450 e. The van der Waals surface area contributed by atoms with E-state index in [2.05, 4.69) is 10.3 Å². The van der Waals surface area contributed by atoms with Crippen molar-refractivity contribution in [3.8, 4) is 11.3 Å². The van der Waals surface area contributed by atoms with Gasteiger partial charge in [0.05, 0.1) is 55.4 Å². The molecule has 86 heavy (non-hydrogen) atoms. The highest BCUT2D eigenvalue weighted by molar-refractivity contribution is 5.89. The van der Waals surface area contributed by atoms with Crippen molar-refractivity contribution >= 4 is 22.8 Å². The van der Waals surface area contributed by atoms with Gasteiger partial charge in [-0.3, -0.25) is 4.79 Å². The van der Waals surface area contributed by atoms with Gasteiger partial charge in [-0.2, -0.15) is 0 Å². The highest BCUT2D eigenvalue weighted by Crippen LogP contribution is 2.42. The lowest BCUT2D eigenvalue weighted by Crippen LogP contribution is -2.64. The number of carbonyl (C=O) groups excluding carboxylic acids is 2. The van der Waals surface area contributed by atoms with E-state index in [1.54, 1.807) is 59.6 Å². The zero-order valence-corrected chi connectivity index (χ0v) is 47.4. The highest BCUT2D eigenvalue weighted by Gasteiger charge is 2.55. The van der Waals surface area contributed by atoms with E-state index in [-0.39, 0.29) is 42.4 Å². The predicted molar refractivity (Wildman–Crippen MR) is 298 cm³/mol. The fourth-order valence-corrected chi connectivity index (χ4v) is 12.5. The van der Waals surface area contributed by atoms with Crippen molar-refractivity contribution in [1.29, 1.82) is 0 Å². The molecule has 2 aromatic heterocycles. The molecule has 2 aliphatic carbocycles. The number of para-hydroxylation sites is 1. The Kier molecular flexibility index (Phi) is 20.0. The van der Waals surface area contributed by atoms with E-state index < -0.39 is 147 Å². The number of amides is 1. The summed E-state index contributed by atoms with van der Waals surface area (Å²) in [5.41, 5.74) is 0.990. The van der Waals surface area contributed by atoms with Crippen molar-refractivity contribution in [2.45, 2.75) is 188 Å². The Balaban J connectivity index is 0.936. The molecule has 5 aromatic rings. The van der Waals surface area contributed by atoms with E-state index in [9.17, 15) is 55.2 Å². The number of likely N-dealkylation sites (tertiary alicyclic amines) is 1. The summed E-state index contributed by atoms with van der Waals surface area (Å²) in [6.07, 6.45) is -20.9. The number of ether oxygens (including phenoxy) is 9. The molecule has 1 amide bonds. The Bertz CT molecular complexity index is 3080. The first-order chi connectivity index (χ1) is 41.6. The van der Waals surface area contributed by atoms with Gasteiger partial charge in [0.15, 0.2) is 25.0 Å². The van der Waals surface area contributed by atoms with Gasteiger partial charge in [-0.15, -0.1) is 5.10 Å². The van der Waals surface area contributed by atoms with Crippen LogP contribution in [-0.4, -0.2) is 210 Å². The molecule has 6 fully saturated rings. The number of fused-ring (bicyclic) bond motifs is 1. The number of hydrogen-bond acceptors (Lipinski definition) is 23. The van der Waals surface area contributed by atoms with Crippen LogP contribution in [0.5, 0.6) is 0 Å². The number of rotatable bonds is 20. The van der Waals surface area contributed by atoms with E-state index in [1.165, 1.54) is 23.7 Å². The first kappa shape index (κ1) is 61.9. The van der Waals surface area contributed by atoms with Gasteiger partial charge in [-0.1, -0.05) is 104 Å². The van der Waals surface area contributed by atoms with Gasteiger partial charge in [0.1, 0.15) is 78.4 Å². The van der Waals surface area contributed by atoms with E-state index in [0.29, 0.717) is 41.7 Å². The molecule has 6 heterocycles. The van der Waals surface area contributed by atoms with Gasteiger partial charge >= 0.3 is 11.6 Å². The van der Waals surface area contributed by atoms with Crippen LogP contribution >= 0.6 is 0 Å². The molecule has 8 N–H and O–H groups in total. The summed E-state index contributed by atoms with van der Waals surface area (Å²) < 4.78 is 64.2. The minimum atomic E-state index is -2.06. The fraction of sp³-hybridized carbons (Fsp3) is 0.590. The van der Waals surface area contributed by atoms with Gasteiger partial charge in [0.25, 0.3) is 5.91 Å². The van der Waals surface area contributed by atoms with Crippen LogP contribution in [0.1, 0.15) is 86.7 Å². The third kappa shape index (κ3) is 13.8. The maximum absolute atomic E-state index is 14.4. The van der Waals surface area contributed by atoms with Crippen molar-refractivity contribution in [2.75, 3.05) is 26.3 Å². The first-order valence-electron chi connectivity index (χ1n) is 29.7. The molecule has 2 saturated carbocycles. The van der Waals surface area contributed by atoms with Gasteiger partial charge in [-0.05, 0) is 68.7 Å². The summed E-state index contributed by atoms with van der Waals surface area (Å²) in [4.78, 5) is 43.3. The van der Waals surface area contributed by atoms with Crippen LogP contribution < -0.4 is 5.63 Å². The second kappa shape index (κ2) is 27.8. The third-order valence-electron chi connectivity index (χ3n) is 17.5. The molecule has 25 heteroatoms. The van der Waals surface area contributed by atoms with Crippen LogP contribution in [0.3, 0.4) is 0 Å². The predicted octanol–water partition coefficient (Wildman–Crippen LogP) is 1.86. The van der Waals surface area contributed by atoms with Gasteiger partial charge in [0, 0.05) is 24.0 Å². The maximum atomic E-state index is 14.4. The summed E-state index contributed by atoms with van der Waals surface area (Å²) in [7, 11) is 0. The van der Waals surface area contributed by atoms with E-state index in [4.69, 9.17) is 47.0 Å². The maximum Gasteiger partial charge on any atom is 0.341 e. The van der Waals surface area contributed by atoms with Crippen LogP contribution in [0.4, 0.5) is 0 Å². The minimum absolute atomic E-state index is 0.0847. The molecule has 4 saturated heterocycles. The van der Waals surface area contributed by atoms with Crippen LogP contribution in [0.2, 0.25) is 0 Å². The molecular weight excluding hydrogens is 1120 g/mol. The SMILES string of the molecule is CC1O[C@@H](OC2C(n3cc(-c4ccccc4)nn3)CC(CO[C@H]3OC(CO)[C@@H](O)C(OCc4cc5ccccc5oc4=O)C3O)C[C@H]2O[C@@H]2OC(O)[C@H](O)C(O[C@@H](CC3CCCCC3)C(=O)N3CCC3)C2OC(=O)c2ccccc2)C(O)C(O)[C@@H]1O. The molecule has 0 radical (unpaired) electrons. The number of carbonyl (C=O) groups is 2. The molecule has 466 valence electrons. The number of nitrogens with zero attached hydrogens (tertiary/aromatic N) is 4. The summed E-state index contributed by atoms with van der Waals surface area (Å²) in [5.74, 6) is -1.78. The van der Waals surface area contributed by atoms with Gasteiger partial charge in [-0.25, -0.2) is 14.3 Å². The van der Waals surface area contributed by atoms with E-state index in [1.807, 2.05) is 30.3 Å². The summed E-state index contributed by atoms with van der Waals surface area (Å²) in [5, 5.41) is 100. The number of aliphatic hydroxyl groups excluding tert-OH is 8. The normalized spacial score (nSPS) is 34.8. The molecule has 20 atom stereocenters. The zero-order valence-electron chi connectivity index (χ0n) is 47.4. The molecule has 3 aromatic carbocycles. The molecule has 6 aliphatic rings. The molecule has 4 aliphatic heterocycles. The average molecular weight is 1200 g/mol. The third-order valence-corrected chi connectivity index (χ3v) is 17.5. The number of hydrogen-bond donors (Lipinski definition) is 8. The Morgan fingerprint density at radius 3 is 2.16 bits per heavy atom. The van der Waals surface area contributed by atoms with Crippen LogP contribution in [-0.2, 0) is 54.0 Å². The van der Waals surface area contributed by atoms with Crippen molar-refractivity contribution < 1.29 is 97.5 Å². The largest absolute Gasteiger partial charge is 0.450 e. The number of aromatic nitrogens is 3. The summed E-state index contributed by atoms with van der Waals surface area (Å²) in [6, 6.07) is 24.6. The Labute approximate surface area is 494 Å². The molecule has 11 rings (SSSR count). The van der Waals surface area contributed by atoms with Crippen molar-refractivity contribution in [1.82, 2.24) is 19.9 Å². The monoisotopic (exact) mass is 1200 g/mol. The Morgan fingerprint density at radius 1 is 0.698 bits per heavy atom. The van der Waals surface area contributed by atoms with Crippen LogP contribution in [0, 0.1) is 11.8 Å². The topological polar surface area (TPSA) is 343 Å². The second-order valence-electron chi connectivity index (χ2n) is 23.4. The first-order valence-corrected chi connectivity index (χ1v) is 29.7. The summed E-state index contributed by atoms with van der Waals surface area (Å²) in [6.45, 7) is 1.09. The van der Waals surface area contributed by atoms with Crippen molar-refractivity contribution in [3.63, 3.8) is 0 Å². The standard InChI is InChI=1S/C61H76N4O21/c1-32-45(67)47(69)48(70)60(79-32)85-51-40(65-28-39(62-63-65)35-16-7-3-8-17-35)24-34(30-78-59-50(72)52(46(68)44(29-66)83-59)77-31-38-27-37-20-11-12-21-41(37)81-57(38)75)26-42(51)82-61-54(84-56(74)36-18-9-4-10-19-36)53(49(71)58(76)86-61)80-43(55(73)64-22-13-23-64)25-33-14-5-2-6-15-33/h3-4,7-12,16-21,27-28,32-34,40,42-54,58-61,66-72,76H,2,5-6,13-15,22-26,29-31H2,1H3/t32?,34?,40?,42-,43+,44?,45-,46-,47?,48?,49-,50?,51?,52?,53?,54?,58?,59+,60+,61-/m1/s1. The average Bonchev–Trinajstić information content (AvgIpc) is 1.54. The smallest absolute Gasteiger partial charge is 0.341 e. The fourth-order valence-electron chi connectivity index (χ4n) is 12.5. The van der Waals surface area contributed by atoms with E-state index >= 15 is 0 Å². The summed E-state index contributed by atoms with van der Waals surface area (Å²) >= 11 is 0. The van der Waals surface area contributed by atoms with Crippen LogP contribution in [0.25, 0.3) is 22.2 Å². The number of benzene rings is 3. The van der Waals surface area contributed by atoms with Gasteiger partial charge in [0.2, 0.25) is 6.29 Å². The molecule has 0 spiro atoms. The molecule has 12 unspecified atom stereocenters. The Morgan fingerprint density at radius 2 is 1.43 bits per heavy atom. The highest BCUT2D eigenvalue weighted by atomic mass is 16.8. The Hall–Kier alpha value is -5.69. The van der Waals surface area contributed by atoms with E-state index in [0.717, 1.165) is 38.5 Å². The molecular formula is C61H76N4O21. The molecule has 0 bridgehead atoms. The molecule has 25 nitrogen and oxygen atoms in total. The lowest BCUT2D eigenvalue weighted by Gasteiger charge is -2.48. The van der Waals surface area contributed by atoms with Crippen molar-refractivity contribution in [3.05, 3.63) is 119 Å². The lowest BCUT2D eigenvalue weighted by molar-refractivity contribution is -0.370. The number of esters is 1. The zero-order chi connectivity index (χ0) is 60.2. The van der Waals surface area contributed by atoms with Crippen LogP contribution in [0.15, 0.2) is 106 Å².